The summed E-state index contributed by atoms with van der Waals surface area (Å²) in [6.45, 7) is 5.22. The van der Waals surface area contributed by atoms with Gasteiger partial charge in [0.2, 0.25) is 5.91 Å². The molecule has 0 radical (unpaired) electrons. The van der Waals surface area contributed by atoms with Crippen molar-refractivity contribution in [2.45, 2.75) is 32.5 Å². The molecule has 0 unspecified atom stereocenters. The van der Waals surface area contributed by atoms with Crippen LogP contribution in [-0.4, -0.2) is 45.2 Å². The van der Waals surface area contributed by atoms with Gasteiger partial charge in [0.05, 0.1) is 19.6 Å². The Morgan fingerprint density at radius 1 is 1.16 bits per heavy atom. The van der Waals surface area contributed by atoms with Crippen LogP contribution in [0.25, 0.3) is 0 Å². The number of anilines is 1. The molecule has 0 atom stereocenters. The molecule has 0 aliphatic carbocycles. The van der Waals surface area contributed by atoms with E-state index in [9.17, 15) is 9.59 Å². The molecule has 2 amide bonds. The molecule has 2 aliphatic rings. The predicted octanol–water partition coefficient (Wildman–Crippen LogP) is 2.61. The van der Waals surface area contributed by atoms with E-state index in [-0.39, 0.29) is 18.4 Å². The quantitative estimate of drug-likeness (QED) is 0.739. The first-order chi connectivity index (χ1) is 14.9. The number of nitrogens with one attached hydrogen (secondary N) is 1. The summed E-state index contributed by atoms with van der Waals surface area (Å²) in [5.74, 6) is -0.295. The van der Waals surface area contributed by atoms with Crippen LogP contribution in [0.15, 0.2) is 36.4 Å². The van der Waals surface area contributed by atoms with Crippen molar-refractivity contribution in [1.29, 1.82) is 0 Å². The number of carbonyl (C=O) groups is 2. The molecule has 0 aromatic heterocycles. The third-order valence-electron chi connectivity index (χ3n) is 5.88. The fraction of sp³-hybridized carbons (Fsp3) is 0.417. The van der Waals surface area contributed by atoms with Gasteiger partial charge in [-0.1, -0.05) is 24.3 Å². The zero-order valence-electron chi connectivity index (χ0n) is 18.2. The van der Waals surface area contributed by atoms with Gasteiger partial charge in [0, 0.05) is 31.3 Å². The van der Waals surface area contributed by atoms with Gasteiger partial charge in [-0.25, -0.2) is 0 Å². The smallest absolute Gasteiger partial charge is 0.257 e. The Balaban J connectivity index is 1.37. The van der Waals surface area contributed by atoms with Crippen molar-refractivity contribution in [3.8, 4) is 5.75 Å². The normalized spacial score (nSPS) is 17.0. The minimum Gasteiger partial charge on any atom is -0.483 e. The zero-order chi connectivity index (χ0) is 22.0. The van der Waals surface area contributed by atoms with Gasteiger partial charge < -0.3 is 24.4 Å². The highest BCUT2D eigenvalue weighted by Gasteiger charge is 2.39. The van der Waals surface area contributed by atoms with Gasteiger partial charge in [-0.15, -0.1) is 0 Å². The maximum Gasteiger partial charge on any atom is 0.257 e. The second-order valence-electron chi connectivity index (χ2n) is 8.03. The third-order valence-corrected chi connectivity index (χ3v) is 5.88. The van der Waals surface area contributed by atoms with E-state index >= 15 is 0 Å². The Kier molecular flexibility index (Phi) is 5.98. The van der Waals surface area contributed by atoms with Gasteiger partial charge in [0.25, 0.3) is 5.91 Å². The number of benzene rings is 2. The maximum atomic E-state index is 12.3. The molecule has 0 bridgehead atoms. The molecular formula is C24H28N2O5. The highest BCUT2D eigenvalue weighted by Crippen LogP contribution is 2.38. The van der Waals surface area contributed by atoms with Crippen LogP contribution in [0.4, 0.5) is 5.69 Å². The van der Waals surface area contributed by atoms with E-state index in [4.69, 9.17) is 14.2 Å². The van der Waals surface area contributed by atoms with Gasteiger partial charge in [-0.05, 0) is 42.7 Å². The predicted molar refractivity (Wildman–Crippen MR) is 116 cm³/mol. The number of ether oxygens (including phenoxy) is 3. The number of likely N-dealkylation sites (N-methyl/N-ethyl adjacent to an activating group) is 1. The van der Waals surface area contributed by atoms with Crippen molar-refractivity contribution in [1.82, 2.24) is 5.32 Å². The van der Waals surface area contributed by atoms with Crippen LogP contribution >= 0.6 is 0 Å². The zero-order valence-corrected chi connectivity index (χ0v) is 18.2. The van der Waals surface area contributed by atoms with E-state index in [0.29, 0.717) is 32.6 Å². The second-order valence-corrected chi connectivity index (χ2v) is 8.03. The lowest BCUT2D eigenvalue weighted by molar-refractivity contribution is -0.170. The molecule has 164 valence electrons. The van der Waals surface area contributed by atoms with Gasteiger partial charge in [-0.2, -0.15) is 0 Å². The number of aryl methyl sites for hydroxylation is 2. The number of rotatable bonds is 7. The van der Waals surface area contributed by atoms with Crippen LogP contribution in [0, 0.1) is 13.8 Å². The molecule has 0 saturated carbocycles. The molecule has 0 spiro atoms. The molecule has 2 heterocycles. The monoisotopic (exact) mass is 424 g/mol. The molecule has 2 aromatic rings. The molecule has 2 aromatic carbocycles. The molecule has 7 heteroatoms. The lowest BCUT2D eigenvalue weighted by Crippen LogP contribution is -2.36. The first-order valence-corrected chi connectivity index (χ1v) is 10.5. The average molecular weight is 424 g/mol. The van der Waals surface area contributed by atoms with E-state index in [1.807, 2.05) is 50.2 Å². The van der Waals surface area contributed by atoms with Crippen LogP contribution < -0.4 is 15.0 Å². The molecular weight excluding hydrogens is 396 g/mol. The second kappa shape index (κ2) is 8.69. The van der Waals surface area contributed by atoms with E-state index in [2.05, 4.69) is 5.32 Å². The highest BCUT2D eigenvalue weighted by molar-refractivity contribution is 6.00. The van der Waals surface area contributed by atoms with Crippen LogP contribution in [0.2, 0.25) is 0 Å². The Morgan fingerprint density at radius 2 is 1.87 bits per heavy atom. The number of carbonyl (C=O) groups excluding carboxylic acids is 2. The van der Waals surface area contributed by atoms with Crippen LogP contribution in [0.5, 0.6) is 5.75 Å². The largest absolute Gasteiger partial charge is 0.483 e. The lowest BCUT2D eigenvalue weighted by Gasteiger charge is -2.28. The first-order valence-electron chi connectivity index (χ1n) is 10.5. The standard InChI is InChI=1S/C24H28N2O5/c1-16-5-4-6-17(2)23(16)29-15-21(27)25-10-9-24(30-11-12-31-24)19-7-8-20-18(13-19)14-22(28)26(20)3/h4-8,13H,9-12,14-15H2,1-3H3,(H,25,27). The summed E-state index contributed by atoms with van der Waals surface area (Å²) in [4.78, 5) is 26.0. The summed E-state index contributed by atoms with van der Waals surface area (Å²) in [6.07, 6.45) is 0.840. The fourth-order valence-electron chi connectivity index (χ4n) is 4.20. The maximum absolute atomic E-state index is 12.3. The van der Waals surface area contributed by atoms with Crippen molar-refractivity contribution >= 4 is 17.5 Å². The number of amides is 2. The van der Waals surface area contributed by atoms with Crippen molar-refractivity contribution in [2.75, 3.05) is 38.3 Å². The lowest BCUT2D eigenvalue weighted by atomic mass is 9.98. The summed E-state index contributed by atoms with van der Waals surface area (Å²) in [6, 6.07) is 11.7. The first kappa shape index (κ1) is 21.3. The molecule has 1 N–H and O–H groups in total. The summed E-state index contributed by atoms with van der Waals surface area (Å²) in [5, 5.41) is 2.89. The summed E-state index contributed by atoms with van der Waals surface area (Å²) >= 11 is 0. The van der Waals surface area contributed by atoms with E-state index in [0.717, 1.165) is 33.7 Å². The van der Waals surface area contributed by atoms with Crippen molar-refractivity contribution in [3.63, 3.8) is 0 Å². The fourth-order valence-corrected chi connectivity index (χ4v) is 4.20. The summed E-state index contributed by atoms with van der Waals surface area (Å²) in [5.41, 5.74) is 4.75. The Morgan fingerprint density at radius 3 is 2.58 bits per heavy atom. The Hall–Kier alpha value is -2.90. The van der Waals surface area contributed by atoms with Gasteiger partial charge >= 0.3 is 0 Å². The Bertz CT molecular complexity index is 977. The number of hydrogen-bond acceptors (Lipinski definition) is 5. The van der Waals surface area contributed by atoms with Crippen molar-refractivity contribution < 1.29 is 23.8 Å². The number of para-hydroxylation sites is 1. The SMILES string of the molecule is Cc1cccc(C)c1OCC(=O)NCCC1(c2ccc3c(c2)CC(=O)N3C)OCCO1. The Labute approximate surface area is 182 Å². The van der Waals surface area contributed by atoms with Gasteiger partial charge in [0.1, 0.15) is 5.75 Å². The van der Waals surface area contributed by atoms with Crippen LogP contribution in [-0.2, 0) is 31.3 Å². The average Bonchev–Trinajstić information content (AvgIpc) is 3.33. The van der Waals surface area contributed by atoms with Crippen molar-refractivity contribution in [2.24, 2.45) is 0 Å². The van der Waals surface area contributed by atoms with Crippen LogP contribution in [0.1, 0.15) is 28.7 Å². The minimum atomic E-state index is -0.917. The molecule has 4 rings (SSSR count). The summed E-state index contributed by atoms with van der Waals surface area (Å²) in [7, 11) is 1.78. The van der Waals surface area contributed by atoms with Gasteiger partial charge in [-0.3, -0.25) is 9.59 Å². The number of nitrogens with zero attached hydrogens (tertiary/aromatic N) is 1. The number of hydrogen-bond donors (Lipinski definition) is 1. The molecule has 1 saturated heterocycles. The van der Waals surface area contributed by atoms with E-state index in [1.54, 1.807) is 11.9 Å². The molecule has 7 nitrogen and oxygen atoms in total. The minimum absolute atomic E-state index is 0.0479. The van der Waals surface area contributed by atoms with Crippen molar-refractivity contribution in [3.05, 3.63) is 58.7 Å². The third kappa shape index (κ3) is 4.29. The number of fused-ring (bicyclic) bond motifs is 1. The van der Waals surface area contributed by atoms with Crippen LogP contribution in [0.3, 0.4) is 0 Å². The molecule has 2 aliphatic heterocycles. The molecule has 1 fully saturated rings. The van der Waals surface area contributed by atoms with E-state index in [1.165, 1.54) is 0 Å². The summed E-state index contributed by atoms with van der Waals surface area (Å²) < 4.78 is 17.7. The van der Waals surface area contributed by atoms with Gasteiger partial charge in [0.15, 0.2) is 12.4 Å². The highest BCUT2D eigenvalue weighted by atomic mass is 16.7. The molecule has 31 heavy (non-hydrogen) atoms. The topological polar surface area (TPSA) is 77.1 Å². The van der Waals surface area contributed by atoms with E-state index < -0.39 is 5.79 Å².